The predicted molar refractivity (Wildman–Crippen MR) is 84.0 cm³/mol. The Morgan fingerprint density at radius 3 is 2.58 bits per heavy atom. The van der Waals surface area contributed by atoms with Crippen LogP contribution in [0.2, 0.25) is 0 Å². The first-order valence-corrected chi connectivity index (χ1v) is 7.30. The van der Waals surface area contributed by atoms with Crippen LogP contribution in [0.4, 0.5) is 0 Å². The number of methoxy groups -OCH3 is 1. The minimum atomic E-state index is -0.522. The Kier molecular flexibility index (Phi) is 4.51. The SMILES string of the molecule is COC(=O)c1ccc(-c2ccco2)n1CC(=O)NCc1ccco1. The van der Waals surface area contributed by atoms with Crippen LogP contribution >= 0.6 is 0 Å². The average molecular weight is 328 g/mol. The second kappa shape index (κ2) is 6.91. The zero-order valence-corrected chi connectivity index (χ0v) is 13.0. The minimum Gasteiger partial charge on any atom is -0.467 e. The van der Waals surface area contributed by atoms with Crippen LogP contribution in [-0.4, -0.2) is 23.6 Å². The molecule has 0 radical (unpaired) electrons. The molecule has 3 heterocycles. The number of carbonyl (C=O) groups excluding carboxylic acids is 2. The van der Waals surface area contributed by atoms with Gasteiger partial charge in [-0.1, -0.05) is 0 Å². The van der Waals surface area contributed by atoms with Crippen LogP contribution in [0.25, 0.3) is 11.5 Å². The second-order valence-electron chi connectivity index (χ2n) is 5.01. The van der Waals surface area contributed by atoms with Crippen LogP contribution in [0.15, 0.2) is 57.8 Å². The van der Waals surface area contributed by atoms with Crippen LogP contribution in [0.1, 0.15) is 16.2 Å². The minimum absolute atomic E-state index is 0.0474. The highest BCUT2D eigenvalue weighted by atomic mass is 16.5. The van der Waals surface area contributed by atoms with Crippen LogP contribution < -0.4 is 5.32 Å². The number of nitrogens with one attached hydrogen (secondary N) is 1. The van der Waals surface area contributed by atoms with E-state index in [2.05, 4.69) is 5.32 Å². The van der Waals surface area contributed by atoms with E-state index in [-0.39, 0.29) is 24.7 Å². The predicted octanol–water partition coefficient (Wildman–Crippen LogP) is 2.44. The molecule has 0 aliphatic carbocycles. The number of esters is 1. The van der Waals surface area contributed by atoms with Crippen LogP contribution in [0, 0.1) is 0 Å². The van der Waals surface area contributed by atoms with Crippen molar-refractivity contribution in [3.63, 3.8) is 0 Å². The number of ether oxygens (including phenoxy) is 1. The van der Waals surface area contributed by atoms with E-state index in [0.29, 0.717) is 17.2 Å². The highest BCUT2D eigenvalue weighted by Crippen LogP contribution is 2.23. The maximum absolute atomic E-state index is 12.2. The summed E-state index contributed by atoms with van der Waals surface area (Å²) in [6.45, 7) is 0.227. The topological polar surface area (TPSA) is 86.6 Å². The van der Waals surface area contributed by atoms with Gasteiger partial charge in [0.05, 0.1) is 31.9 Å². The first-order chi connectivity index (χ1) is 11.7. The number of rotatable bonds is 6. The summed E-state index contributed by atoms with van der Waals surface area (Å²) in [4.78, 5) is 24.2. The lowest BCUT2D eigenvalue weighted by atomic mass is 10.3. The monoisotopic (exact) mass is 328 g/mol. The third kappa shape index (κ3) is 3.24. The fourth-order valence-electron chi connectivity index (χ4n) is 2.36. The normalized spacial score (nSPS) is 10.5. The van der Waals surface area contributed by atoms with E-state index < -0.39 is 5.97 Å². The van der Waals surface area contributed by atoms with Crippen molar-refractivity contribution >= 4 is 11.9 Å². The Balaban J connectivity index is 1.80. The number of amides is 1. The van der Waals surface area contributed by atoms with Gasteiger partial charge in [-0.2, -0.15) is 0 Å². The molecule has 0 saturated carbocycles. The van der Waals surface area contributed by atoms with Gasteiger partial charge in [-0.25, -0.2) is 4.79 Å². The van der Waals surface area contributed by atoms with E-state index in [1.807, 2.05) is 0 Å². The lowest BCUT2D eigenvalue weighted by molar-refractivity contribution is -0.121. The summed E-state index contributed by atoms with van der Waals surface area (Å²) in [6.07, 6.45) is 3.07. The first-order valence-electron chi connectivity index (χ1n) is 7.30. The van der Waals surface area contributed by atoms with Gasteiger partial charge in [-0.05, 0) is 36.4 Å². The molecule has 0 spiro atoms. The van der Waals surface area contributed by atoms with Gasteiger partial charge >= 0.3 is 5.97 Å². The van der Waals surface area contributed by atoms with E-state index in [9.17, 15) is 9.59 Å². The zero-order chi connectivity index (χ0) is 16.9. The van der Waals surface area contributed by atoms with Crippen molar-refractivity contribution in [3.05, 3.63) is 60.4 Å². The molecule has 0 fully saturated rings. The Bertz CT molecular complexity index is 815. The third-order valence-corrected chi connectivity index (χ3v) is 3.49. The Labute approximate surface area is 137 Å². The molecule has 0 saturated heterocycles. The standard InChI is InChI=1S/C17H16N2O5/c1-22-17(21)14-7-6-13(15-5-3-9-24-15)19(14)11-16(20)18-10-12-4-2-8-23-12/h2-9H,10-11H2,1H3,(H,18,20). The van der Waals surface area contributed by atoms with Crippen molar-refractivity contribution in [2.45, 2.75) is 13.1 Å². The molecule has 7 heteroatoms. The number of nitrogens with zero attached hydrogens (tertiary/aromatic N) is 1. The van der Waals surface area contributed by atoms with Crippen molar-refractivity contribution in [2.75, 3.05) is 7.11 Å². The quantitative estimate of drug-likeness (QED) is 0.702. The van der Waals surface area contributed by atoms with Crippen molar-refractivity contribution < 1.29 is 23.2 Å². The highest BCUT2D eigenvalue weighted by molar-refractivity contribution is 5.90. The van der Waals surface area contributed by atoms with Gasteiger partial charge < -0.3 is 23.5 Å². The molecule has 1 N–H and O–H groups in total. The number of hydrogen-bond donors (Lipinski definition) is 1. The van der Waals surface area contributed by atoms with Crippen LogP contribution in [0.5, 0.6) is 0 Å². The number of hydrogen-bond acceptors (Lipinski definition) is 5. The molecule has 0 unspecified atom stereocenters. The molecule has 0 aliphatic rings. The molecule has 3 aromatic rings. The molecule has 24 heavy (non-hydrogen) atoms. The van der Waals surface area contributed by atoms with Gasteiger partial charge in [0.15, 0.2) is 0 Å². The Hall–Kier alpha value is -3.22. The third-order valence-electron chi connectivity index (χ3n) is 3.49. The Morgan fingerprint density at radius 2 is 1.92 bits per heavy atom. The first kappa shape index (κ1) is 15.7. The smallest absolute Gasteiger partial charge is 0.354 e. The number of aromatic nitrogens is 1. The number of furan rings is 2. The van der Waals surface area contributed by atoms with Crippen LogP contribution in [0.3, 0.4) is 0 Å². The van der Waals surface area contributed by atoms with Crippen molar-refractivity contribution in [1.29, 1.82) is 0 Å². The summed E-state index contributed by atoms with van der Waals surface area (Å²) in [7, 11) is 1.29. The summed E-state index contributed by atoms with van der Waals surface area (Å²) >= 11 is 0. The van der Waals surface area contributed by atoms with Crippen molar-refractivity contribution in [3.8, 4) is 11.5 Å². The molecular weight excluding hydrogens is 312 g/mol. The van der Waals surface area contributed by atoms with E-state index in [1.54, 1.807) is 41.0 Å². The summed E-state index contributed by atoms with van der Waals surface area (Å²) < 4.78 is 16.9. The van der Waals surface area contributed by atoms with Gasteiger partial charge in [-0.3, -0.25) is 4.79 Å². The summed E-state index contributed by atoms with van der Waals surface area (Å²) in [5.74, 6) is 0.423. The molecule has 0 aromatic carbocycles. The molecule has 124 valence electrons. The fraction of sp³-hybridized carbons (Fsp3) is 0.176. The molecule has 7 nitrogen and oxygen atoms in total. The van der Waals surface area contributed by atoms with Crippen molar-refractivity contribution in [2.24, 2.45) is 0 Å². The van der Waals surface area contributed by atoms with E-state index in [1.165, 1.54) is 19.6 Å². The van der Waals surface area contributed by atoms with Gasteiger partial charge in [0.1, 0.15) is 23.8 Å². The molecule has 0 aliphatic heterocycles. The van der Waals surface area contributed by atoms with Crippen molar-refractivity contribution in [1.82, 2.24) is 9.88 Å². The average Bonchev–Trinajstić information content (AvgIpc) is 3.32. The highest BCUT2D eigenvalue weighted by Gasteiger charge is 2.19. The lowest BCUT2D eigenvalue weighted by Crippen LogP contribution is -2.28. The Morgan fingerprint density at radius 1 is 1.12 bits per heavy atom. The molecule has 3 aromatic heterocycles. The fourth-order valence-corrected chi connectivity index (χ4v) is 2.36. The van der Waals surface area contributed by atoms with Gasteiger partial charge in [0.2, 0.25) is 5.91 Å². The summed E-state index contributed by atoms with van der Waals surface area (Å²) in [6, 6.07) is 10.3. The molecule has 3 rings (SSSR count). The van der Waals surface area contributed by atoms with Crippen LogP contribution in [-0.2, 0) is 22.6 Å². The molecule has 0 bridgehead atoms. The maximum atomic E-state index is 12.2. The van der Waals surface area contributed by atoms with Gasteiger partial charge in [0, 0.05) is 0 Å². The zero-order valence-electron chi connectivity index (χ0n) is 13.0. The summed E-state index contributed by atoms with van der Waals surface area (Å²) in [5.41, 5.74) is 0.894. The van der Waals surface area contributed by atoms with Gasteiger partial charge in [-0.15, -0.1) is 0 Å². The number of carbonyl (C=O) groups is 2. The van der Waals surface area contributed by atoms with E-state index in [4.69, 9.17) is 13.6 Å². The second-order valence-corrected chi connectivity index (χ2v) is 5.01. The maximum Gasteiger partial charge on any atom is 0.354 e. The summed E-state index contributed by atoms with van der Waals surface area (Å²) in [5, 5.41) is 2.74. The largest absolute Gasteiger partial charge is 0.467 e. The lowest BCUT2D eigenvalue weighted by Gasteiger charge is -2.11. The molecule has 1 amide bonds. The molecule has 0 atom stereocenters. The van der Waals surface area contributed by atoms with Gasteiger partial charge in [0.25, 0.3) is 0 Å². The van der Waals surface area contributed by atoms with E-state index >= 15 is 0 Å². The molecular formula is C17H16N2O5. The van der Waals surface area contributed by atoms with E-state index in [0.717, 1.165) is 0 Å².